The molecule has 1 heterocycles. The van der Waals surface area contributed by atoms with Crippen molar-refractivity contribution in [3.8, 4) is 0 Å². The molecule has 0 aliphatic rings. The quantitative estimate of drug-likeness (QED) is 0.747. The van der Waals surface area contributed by atoms with Crippen molar-refractivity contribution in [2.45, 2.75) is 27.2 Å². The summed E-state index contributed by atoms with van der Waals surface area (Å²) in [6.07, 6.45) is 0.0435. The highest BCUT2D eigenvalue weighted by Crippen LogP contribution is 2.16. The summed E-state index contributed by atoms with van der Waals surface area (Å²) in [6.45, 7) is 5.35. The van der Waals surface area contributed by atoms with Crippen molar-refractivity contribution in [1.29, 1.82) is 0 Å². The molecule has 0 radical (unpaired) electrons. The first-order valence-corrected chi connectivity index (χ1v) is 8.91. The number of amides is 1. The number of aromatic nitrogens is 1. The minimum atomic E-state index is -0.556. The predicted molar refractivity (Wildman–Crippen MR) is 97.3 cm³/mol. The Hall–Kier alpha value is -2.74. The average molecular weight is 376 g/mol. The van der Waals surface area contributed by atoms with Gasteiger partial charge in [0.15, 0.2) is 11.7 Å². The van der Waals surface area contributed by atoms with Crippen LogP contribution in [-0.2, 0) is 25.5 Å². The van der Waals surface area contributed by atoms with Crippen molar-refractivity contribution in [1.82, 2.24) is 4.98 Å². The van der Waals surface area contributed by atoms with E-state index in [0.29, 0.717) is 23.0 Å². The number of aryl methyl sites for hydroxylation is 2. The van der Waals surface area contributed by atoms with Gasteiger partial charge < -0.3 is 9.47 Å². The van der Waals surface area contributed by atoms with Gasteiger partial charge in [0.25, 0.3) is 5.91 Å². The molecule has 2 aromatic rings. The van der Waals surface area contributed by atoms with Crippen molar-refractivity contribution < 1.29 is 23.9 Å². The van der Waals surface area contributed by atoms with Crippen LogP contribution in [-0.4, -0.2) is 36.0 Å². The number of hydrogen-bond donors (Lipinski definition) is 1. The molecule has 0 bridgehead atoms. The Morgan fingerprint density at radius 3 is 2.65 bits per heavy atom. The number of anilines is 1. The van der Waals surface area contributed by atoms with Crippen LogP contribution in [0.4, 0.5) is 5.13 Å². The molecule has 0 saturated carbocycles. The standard InChI is InChI=1S/C18H20N2O5S/c1-4-24-16(22)8-13-10-26-18(19-13)20-15(21)9-25-17(23)14-6-5-11(2)7-12(14)3/h5-7,10H,4,8-9H2,1-3H3,(H,19,20,21). The third-order valence-corrected chi connectivity index (χ3v) is 4.17. The smallest absolute Gasteiger partial charge is 0.338 e. The Morgan fingerprint density at radius 2 is 1.96 bits per heavy atom. The monoisotopic (exact) mass is 376 g/mol. The summed E-state index contributed by atoms with van der Waals surface area (Å²) in [5.74, 6) is -1.43. The Balaban J connectivity index is 1.84. The average Bonchev–Trinajstić information content (AvgIpc) is 2.99. The van der Waals surface area contributed by atoms with E-state index in [4.69, 9.17) is 9.47 Å². The normalized spacial score (nSPS) is 10.3. The number of nitrogens with one attached hydrogen (secondary N) is 1. The van der Waals surface area contributed by atoms with E-state index in [2.05, 4.69) is 10.3 Å². The zero-order chi connectivity index (χ0) is 19.1. The second kappa shape index (κ2) is 9.10. The van der Waals surface area contributed by atoms with Crippen LogP contribution in [0.3, 0.4) is 0 Å². The van der Waals surface area contributed by atoms with Crippen molar-refractivity contribution in [2.75, 3.05) is 18.5 Å². The fraction of sp³-hybridized carbons (Fsp3) is 0.333. The summed E-state index contributed by atoms with van der Waals surface area (Å²) >= 11 is 1.18. The van der Waals surface area contributed by atoms with Gasteiger partial charge in [-0.15, -0.1) is 11.3 Å². The van der Waals surface area contributed by atoms with Crippen LogP contribution >= 0.6 is 11.3 Å². The van der Waals surface area contributed by atoms with Gasteiger partial charge in [-0.25, -0.2) is 9.78 Å². The van der Waals surface area contributed by atoms with Gasteiger partial charge >= 0.3 is 11.9 Å². The van der Waals surface area contributed by atoms with Crippen molar-refractivity contribution in [3.05, 3.63) is 46.0 Å². The Bertz CT molecular complexity index is 816. The molecule has 0 unspecified atom stereocenters. The maximum atomic E-state index is 12.1. The van der Waals surface area contributed by atoms with Crippen molar-refractivity contribution in [3.63, 3.8) is 0 Å². The third kappa shape index (κ3) is 5.66. The third-order valence-electron chi connectivity index (χ3n) is 3.37. The molecule has 138 valence electrons. The second-order valence-corrected chi connectivity index (χ2v) is 6.43. The molecule has 0 saturated heterocycles. The van der Waals surface area contributed by atoms with Crippen LogP contribution in [0.2, 0.25) is 0 Å². The Morgan fingerprint density at radius 1 is 1.19 bits per heavy atom. The van der Waals surface area contributed by atoms with Gasteiger partial charge in [-0.3, -0.25) is 14.9 Å². The summed E-state index contributed by atoms with van der Waals surface area (Å²) in [5, 5.41) is 4.53. The number of ether oxygens (including phenoxy) is 2. The highest BCUT2D eigenvalue weighted by atomic mass is 32.1. The van der Waals surface area contributed by atoms with E-state index in [1.54, 1.807) is 18.4 Å². The van der Waals surface area contributed by atoms with Crippen LogP contribution in [0.15, 0.2) is 23.6 Å². The SMILES string of the molecule is CCOC(=O)Cc1csc(NC(=O)COC(=O)c2ccc(C)cc2C)n1. The number of carbonyl (C=O) groups is 3. The van der Waals surface area contributed by atoms with Crippen LogP contribution in [0.25, 0.3) is 0 Å². The molecule has 0 aliphatic carbocycles. The lowest BCUT2D eigenvalue weighted by atomic mass is 10.1. The zero-order valence-electron chi connectivity index (χ0n) is 14.8. The number of nitrogens with zero attached hydrogens (tertiary/aromatic N) is 1. The Labute approximate surface area is 155 Å². The van der Waals surface area contributed by atoms with Gasteiger partial charge in [0.2, 0.25) is 0 Å². The molecule has 26 heavy (non-hydrogen) atoms. The number of rotatable bonds is 7. The maximum Gasteiger partial charge on any atom is 0.338 e. The van der Waals surface area contributed by atoms with Crippen LogP contribution < -0.4 is 5.32 Å². The highest BCUT2D eigenvalue weighted by molar-refractivity contribution is 7.13. The van der Waals surface area contributed by atoms with Crippen LogP contribution in [0.5, 0.6) is 0 Å². The molecule has 1 aromatic carbocycles. The number of esters is 2. The van der Waals surface area contributed by atoms with Gasteiger partial charge in [0.05, 0.1) is 24.3 Å². The number of thiazole rings is 1. The first kappa shape index (κ1) is 19.6. The minimum absolute atomic E-state index is 0.0435. The largest absolute Gasteiger partial charge is 0.466 e. The van der Waals surface area contributed by atoms with Crippen molar-refractivity contribution >= 4 is 34.3 Å². The van der Waals surface area contributed by atoms with E-state index in [1.807, 2.05) is 26.0 Å². The van der Waals surface area contributed by atoms with E-state index in [-0.39, 0.29) is 12.4 Å². The summed E-state index contributed by atoms with van der Waals surface area (Å²) in [7, 11) is 0. The highest BCUT2D eigenvalue weighted by Gasteiger charge is 2.14. The fourth-order valence-electron chi connectivity index (χ4n) is 2.21. The second-order valence-electron chi connectivity index (χ2n) is 5.57. The fourth-order valence-corrected chi connectivity index (χ4v) is 2.94. The lowest BCUT2D eigenvalue weighted by molar-refractivity contribution is -0.142. The van der Waals surface area contributed by atoms with Gasteiger partial charge in [0, 0.05) is 5.38 Å². The van der Waals surface area contributed by atoms with Gasteiger partial charge in [0.1, 0.15) is 0 Å². The first-order chi connectivity index (χ1) is 12.4. The topological polar surface area (TPSA) is 94.6 Å². The number of benzene rings is 1. The molecule has 1 amide bonds. The molecular weight excluding hydrogens is 356 g/mol. The maximum absolute atomic E-state index is 12.1. The molecule has 0 fully saturated rings. The van der Waals surface area contributed by atoms with E-state index >= 15 is 0 Å². The zero-order valence-corrected chi connectivity index (χ0v) is 15.6. The van der Waals surface area contributed by atoms with Gasteiger partial charge in [-0.05, 0) is 32.4 Å². The van der Waals surface area contributed by atoms with Crippen LogP contribution in [0, 0.1) is 13.8 Å². The van der Waals surface area contributed by atoms with Gasteiger partial charge in [-0.2, -0.15) is 0 Å². The molecule has 0 atom stereocenters. The summed E-state index contributed by atoms with van der Waals surface area (Å²) in [4.78, 5) is 39.5. The van der Waals surface area contributed by atoms with Gasteiger partial charge in [-0.1, -0.05) is 17.7 Å². The molecule has 1 N–H and O–H groups in total. The summed E-state index contributed by atoms with van der Waals surface area (Å²) in [6, 6.07) is 5.36. The predicted octanol–water partition coefficient (Wildman–Crippen LogP) is 2.66. The molecule has 0 aliphatic heterocycles. The lowest BCUT2D eigenvalue weighted by Crippen LogP contribution is -2.21. The van der Waals surface area contributed by atoms with E-state index in [0.717, 1.165) is 11.1 Å². The molecule has 1 aromatic heterocycles. The molecule has 2 rings (SSSR count). The van der Waals surface area contributed by atoms with Crippen LogP contribution in [0.1, 0.15) is 34.1 Å². The van der Waals surface area contributed by atoms with E-state index < -0.39 is 18.5 Å². The molecule has 8 heteroatoms. The van der Waals surface area contributed by atoms with Crippen molar-refractivity contribution in [2.24, 2.45) is 0 Å². The molecular formula is C18H20N2O5S. The summed E-state index contributed by atoms with van der Waals surface area (Å²) < 4.78 is 9.88. The lowest BCUT2D eigenvalue weighted by Gasteiger charge is -2.07. The molecule has 7 nitrogen and oxygen atoms in total. The summed E-state index contributed by atoms with van der Waals surface area (Å²) in [5.41, 5.74) is 2.77. The number of carbonyl (C=O) groups excluding carboxylic acids is 3. The number of hydrogen-bond acceptors (Lipinski definition) is 7. The van der Waals surface area contributed by atoms with E-state index in [9.17, 15) is 14.4 Å². The molecule has 0 spiro atoms. The minimum Gasteiger partial charge on any atom is -0.466 e. The van der Waals surface area contributed by atoms with E-state index in [1.165, 1.54) is 11.3 Å². The Kier molecular flexibility index (Phi) is 6.85. The first-order valence-electron chi connectivity index (χ1n) is 8.03.